The number of ether oxygens (including phenoxy) is 1. The molecule has 2 rings (SSSR count). The van der Waals surface area contributed by atoms with Gasteiger partial charge in [0.1, 0.15) is 18.5 Å². The summed E-state index contributed by atoms with van der Waals surface area (Å²) in [6, 6.07) is 7.55. The summed E-state index contributed by atoms with van der Waals surface area (Å²) >= 11 is 0. The van der Waals surface area contributed by atoms with Crippen molar-refractivity contribution in [3.05, 3.63) is 36.1 Å². The van der Waals surface area contributed by atoms with E-state index in [0.717, 1.165) is 17.4 Å². The van der Waals surface area contributed by atoms with Gasteiger partial charge in [0.25, 0.3) is 0 Å². The third-order valence-corrected chi connectivity index (χ3v) is 3.16. The van der Waals surface area contributed by atoms with Crippen molar-refractivity contribution >= 4 is 16.8 Å². The van der Waals surface area contributed by atoms with Crippen molar-refractivity contribution in [2.24, 2.45) is 0 Å². The number of furan rings is 1. The van der Waals surface area contributed by atoms with Gasteiger partial charge in [-0.25, -0.2) is 0 Å². The molecule has 0 radical (unpaired) electrons. The molecule has 3 nitrogen and oxygen atoms in total. The lowest BCUT2D eigenvalue weighted by Crippen LogP contribution is -2.09. The highest BCUT2D eigenvalue weighted by Gasteiger charge is 2.13. The maximum atomic E-state index is 12.0. The summed E-state index contributed by atoms with van der Waals surface area (Å²) in [6.07, 6.45) is 6.14. The molecule has 0 aliphatic heterocycles. The molecule has 0 amide bonds. The van der Waals surface area contributed by atoms with Crippen LogP contribution in [0.1, 0.15) is 43.0 Å². The molecule has 1 heterocycles. The normalized spacial score (nSPS) is 11.0. The number of unbranched alkanes of at least 4 members (excludes halogenated alkanes) is 3. The number of para-hydroxylation sites is 1. The average molecular weight is 260 g/mol. The van der Waals surface area contributed by atoms with Crippen LogP contribution in [0, 0.1) is 0 Å². The zero-order valence-corrected chi connectivity index (χ0v) is 11.4. The zero-order valence-electron chi connectivity index (χ0n) is 11.4. The lowest BCUT2D eigenvalue weighted by atomic mass is 10.1. The number of carbonyl (C=O) groups excluding carboxylic acids is 1. The molecular formula is C16H20O3. The van der Waals surface area contributed by atoms with Crippen LogP contribution in [-0.2, 0) is 4.74 Å². The van der Waals surface area contributed by atoms with E-state index in [1.807, 2.05) is 24.3 Å². The number of fused-ring (bicyclic) bond motifs is 1. The molecular weight excluding hydrogens is 240 g/mol. The topological polar surface area (TPSA) is 39.4 Å². The van der Waals surface area contributed by atoms with E-state index < -0.39 is 0 Å². The van der Waals surface area contributed by atoms with E-state index in [0.29, 0.717) is 12.2 Å². The fraction of sp³-hybridized carbons (Fsp3) is 0.438. The van der Waals surface area contributed by atoms with Gasteiger partial charge in [0.2, 0.25) is 0 Å². The molecule has 19 heavy (non-hydrogen) atoms. The van der Waals surface area contributed by atoms with Crippen LogP contribution in [0.5, 0.6) is 0 Å². The summed E-state index contributed by atoms with van der Waals surface area (Å²) in [5.74, 6) is -0.0135. The minimum Gasteiger partial charge on any atom is -0.464 e. The fourth-order valence-electron chi connectivity index (χ4n) is 2.07. The average Bonchev–Trinajstić information content (AvgIpc) is 2.86. The Bertz CT molecular complexity index is 528. The molecule has 0 unspecified atom stereocenters. The molecule has 0 saturated carbocycles. The lowest BCUT2D eigenvalue weighted by Gasteiger charge is -2.02. The molecule has 0 aliphatic rings. The molecule has 1 aromatic carbocycles. The smallest absolute Gasteiger partial charge is 0.192 e. The van der Waals surface area contributed by atoms with Gasteiger partial charge in [-0.1, -0.05) is 44.4 Å². The Morgan fingerprint density at radius 3 is 2.89 bits per heavy atom. The number of carbonyl (C=O) groups is 1. The third-order valence-electron chi connectivity index (χ3n) is 3.16. The predicted octanol–water partition coefficient (Wildman–Crippen LogP) is 4.21. The molecule has 102 valence electrons. The zero-order chi connectivity index (χ0) is 13.5. The molecule has 0 atom stereocenters. The van der Waals surface area contributed by atoms with Gasteiger partial charge in [-0.05, 0) is 12.5 Å². The van der Waals surface area contributed by atoms with E-state index in [1.54, 1.807) is 0 Å². The minimum atomic E-state index is -0.0135. The van der Waals surface area contributed by atoms with Crippen LogP contribution in [0.15, 0.2) is 34.9 Å². The maximum absolute atomic E-state index is 12.0. The number of hydrogen-bond donors (Lipinski definition) is 0. The number of Topliss-reactive ketones (excluding diaryl/α,β-unsaturated/α-hetero) is 1. The Kier molecular flexibility index (Phi) is 5.16. The first-order valence-electron chi connectivity index (χ1n) is 6.90. The molecule has 2 aromatic rings. The summed E-state index contributed by atoms with van der Waals surface area (Å²) in [6.45, 7) is 2.96. The molecule has 0 N–H and O–H groups in total. The van der Waals surface area contributed by atoms with Gasteiger partial charge in [-0.2, -0.15) is 0 Å². The minimum absolute atomic E-state index is 0.0135. The number of benzene rings is 1. The third kappa shape index (κ3) is 3.67. The van der Waals surface area contributed by atoms with Crippen molar-refractivity contribution in [2.75, 3.05) is 13.2 Å². The molecule has 0 bridgehead atoms. The van der Waals surface area contributed by atoms with Gasteiger partial charge in [0, 0.05) is 12.0 Å². The first kappa shape index (κ1) is 13.8. The first-order valence-corrected chi connectivity index (χ1v) is 6.90. The van der Waals surface area contributed by atoms with Gasteiger partial charge in [-0.15, -0.1) is 0 Å². The second-order valence-electron chi connectivity index (χ2n) is 4.68. The van der Waals surface area contributed by atoms with Gasteiger partial charge in [0.05, 0.1) is 5.56 Å². The number of ketones is 1. The van der Waals surface area contributed by atoms with Crippen molar-refractivity contribution in [3.63, 3.8) is 0 Å². The lowest BCUT2D eigenvalue weighted by molar-refractivity contribution is 0.0753. The van der Waals surface area contributed by atoms with Crippen LogP contribution in [0.25, 0.3) is 11.0 Å². The van der Waals surface area contributed by atoms with E-state index in [4.69, 9.17) is 9.15 Å². The molecule has 0 aliphatic carbocycles. The molecule has 0 fully saturated rings. The quantitative estimate of drug-likeness (QED) is 0.527. The van der Waals surface area contributed by atoms with E-state index in [1.165, 1.54) is 25.5 Å². The highest BCUT2D eigenvalue weighted by atomic mass is 16.5. The Balaban J connectivity index is 1.83. The Labute approximate surface area is 113 Å². The van der Waals surface area contributed by atoms with Crippen molar-refractivity contribution in [1.82, 2.24) is 0 Å². The maximum Gasteiger partial charge on any atom is 0.192 e. The van der Waals surface area contributed by atoms with Crippen LogP contribution in [-0.4, -0.2) is 19.0 Å². The fourth-order valence-corrected chi connectivity index (χ4v) is 2.07. The predicted molar refractivity (Wildman–Crippen MR) is 75.5 cm³/mol. The van der Waals surface area contributed by atoms with Crippen molar-refractivity contribution in [1.29, 1.82) is 0 Å². The molecule has 0 spiro atoms. The van der Waals surface area contributed by atoms with Gasteiger partial charge in [0.15, 0.2) is 5.78 Å². The van der Waals surface area contributed by atoms with Crippen LogP contribution in [0.3, 0.4) is 0 Å². The van der Waals surface area contributed by atoms with Crippen LogP contribution < -0.4 is 0 Å². The summed E-state index contributed by atoms with van der Waals surface area (Å²) < 4.78 is 10.8. The summed E-state index contributed by atoms with van der Waals surface area (Å²) in [7, 11) is 0. The van der Waals surface area contributed by atoms with E-state index in [9.17, 15) is 4.79 Å². The first-order chi connectivity index (χ1) is 9.33. The van der Waals surface area contributed by atoms with Gasteiger partial charge >= 0.3 is 0 Å². The Morgan fingerprint density at radius 2 is 2.05 bits per heavy atom. The van der Waals surface area contributed by atoms with E-state index in [-0.39, 0.29) is 12.4 Å². The summed E-state index contributed by atoms with van der Waals surface area (Å²) in [5.41, 5.74) is 1.36. The molecule has 1 aromatic heterocycles. The Hall–Kier alpha value is -1.61. The second kappa shape index (κ2) is 7.10. The number of hydrogen-bond acceptors (Lipinski definition) is 3. The molecule has 0 saturated heterocycles. The van der Waals surface area contributed by atoms with Crippen LogP contribution in [0.2, 0.25) is 0 Å². The van der Waals surface area contributed by atoms with E-state index >= 15 is 0 Å². The highest BCUT2D eigenvalue weighted by Crippen LogP contribution is 2.21. The van der Waals surface area contributed by atoms with Crippen molar-refractivity contribution < 1.29 is 13.9 Å². The van der Waals surface area contributed by atoms with E-state index in [2.05, 4.69) is 6.92 Å². The van der Waals surface area contributed by atoms with Gasteiger partial charge < -0.3 is 9.15 Å². The summed E-state index contributed by atoms with van der Waals surface area (Å²) in [4.78, 5) is 12.0. The van der Waals surface area contributed by atoms with Crippen LogP contribution >= 0.6 is 0 Å². The Morgan fingerprint density at radius 1 is 1.21 bits per heavy atom. The van der Waals surface area contributed by atoms with Crippen molar-refractivity contribution in [2.45, 2.75) is 32.6 Å². The largest absolute Gasteiger partial charge is 0.464 e. The second-order valence-corrected chi connectivity index (χ2v) is 4.68. The SMILES string of the molecule is CCCCCCOCC(=O)c1coc2ccccc12. The standard InChI is InChI=1S/C16H20O3/c1-2-3-4-7-10-18-12-15(17)14-11-19-16-9-6-5-8-13(14)16/h5-6,8-9,11H,2-4,7,10,12H2,1H3. The summed E-state index contributed by atoms with van der Waals surface area (Å²) in [5, 5.41) is 0.863. The molecule has 3 heteroatoms. The van der Waals surface area contributed by atoms with Crippen LogP contribution in [0.4, 0.5) is 0 Å². The van der Waals surface area contributed by atoms with Crippen molar-refractivity contribution in [3.8, 4) is 0 Å². The monoisotopic (exact) mass is 260 g/mol. The van der Waals surface area contributed by atoms with Gasteiger partial charge in [-0.3, -0.25) is 4.79 Å². The highest BCUT2D eigenvalue weighted by molar-refractivity contribution is 6.07. The number of rotatable bonds is 8.